The minimum absolute atomic E-state index is 0.0270. The van der Waals surface area contributed by atoms with Crippen molar-refractivity contribution in [1.29, 1.82) is 0 Å². The molecule has 0 unspecified atom stereocenters. The van der Waals surface area contributed by atoms with Gasteiger partial charge in [0.25, 0.3) is 5.91 Å². The normalized spacial score (nSPS) is 14.0. The summed E-state index contributed by atoms with van der Waals surface area (Å²) >= 11 is 0. The minimum atomic E-state index is -0.727. The van der Waals surface area contributed by atoms with Crippen molar-refractivity contribution < 1.29 is 14.7 Å². The smallest absolute Gasteiger partial charge is 0.303 e. The van der Waals surface area contributed by atoms with Crippen molar-refractivity contribution in [3.8, 4) is 0 Å². The zero-order chi connectivity index (χ0) is 15.9. The third kappa shape index (κ3) is 4.86. The number of carboxylic acids is 1. The molecule has 1 heterocycles. The second kappa shape index (κ2) is 7.96. The Morgan fingerprint density at radius 2 is 1.95 bits per heavy atom. The fraction of sp³-hybridized carbons (Fsp3) is 0.688. The lowest BCUT2D eigenvalue weighted by Crippen LogP contribution is -2.25. The Labute approximate surface area is 130 Å². The molecule has 1 aliphatic rings. The van der Waals surface area contributed by atoms with Crippen LogP contribution in [-0.2, 0) is 11.8 Å². The number of carbonyl (C=O) groups is 2. The largest absolute Gasteiger partial charge is 0.481 e. The Morgan fingerprint density at radius 3 is 2.64 bits per heavy atom. The Kier molecular flexibility index (Phi) is 5.98. The van der Waals surface area contributed by atoms with E-state index in [1.807, 2.05) is 11.7 Å². The van der Waals surface area contributed by atoms with Gasteiger partial charge in [0.15, 0.2) is 0 Å². The van der Waals surface area contributed by atoms with Gasteiger partial charge in [-0.15, -0.1) is 0 Å². The topological polar surface area (TPSA) is 84.2 Å². The molecular formula is C16H25N3O3. The average molecular weight is 307 g/mol. The van der Waals surface area contributed by atoms with E-state index >= 15 is 0 Å². The zero-order valence-corrected chi connectivity index (χ0v) is 13.2. The lowest BCUT2D eigenvalue weighted by Gasteiger charge is -2.06. The highest BCUT2D eigenvalue weighted by Crippen LogP contribution is 2.41. The summed E-state index contributed by atoms with van der Waals surface area (Å²) in [7, 11) is 1.89. The van der Waals surface area contributed by atoms with E-state index in [2.05, 4.69) is 10.4 Å². The third-order valence-electron chi connectivity index (χ3n) is 4.05. The first-order valence-corrected chi connectivity index (χ1v) is 8.11. The fourth-order valence-electron chi connectivity index (χ4n) is 2.69. The summed E-state index contributed by atoms with van der Waals surface area (Å²) in [6.45, 7) is 0.663. The third-order valence-corrected chi connectivity index (χ3v) is 4.05. The molecule has 1 aliphatic carbocycles. The van der Waals surface area contributed by atoms with E-state index in [1.54, 1.807) is 6.20 Å². The Bertz CT molecular complexity index is 521. The van der Waals surface area contributed by atoms with Gasteiger partial charge in [-0.1, -0.05) is 19.3 Å². The van der Waals surface area contributed by atoms with Gasteiger partial charge in [-0.3, -0.25) is 14.3 Å². The summed E-state index contributed by atoms with van der Waals surface area (Å²) in [5.41, 5.74) is 1.78. The van der Waals surface area contributed by atoms with E-state index in [0.717, 1.165) is 50.6 Å². The van der Waals surface area contributed by atoms with Crippen LogP contribution in [0.2, 0.25) is 0 Å². The second-order valence-corrected chi connectivity index (χ2v) is 6.01. The highest BCUT2D eigenvalue weighted by molar-refractivity contribution is 5.95. The molecule has 0 bridgehead atoms. The molecule has 1 saturated carbocycles. The number of nitrogens with one attached hydrogen (secondary N) is 1. The van der Waals surface area contributed by atoms with Gasteiger partial charge in [-0.2, -0.15) is 5.10 Å². The lowest BCUT2D eigenvalue weighted by atomic mass is 10.1. The molecule has 0 atom stereocenters. The summed E-state index contributed by atoms with van der Waals surface area (Å²) in [6.07, 6.45) is 8.85. The van der Waals surface area contributed by atoms with Crippen molar-refractivity contribution in [3.63, 3.8) is 0 Å². The van der Waals surface area contributed by atoms with E-state index in [4.69, 9.17) is 5.11 Å². The Balaban J connectivity index is 1.61. The number of hydrogen-bond acceptors (Lipinski definition) is 3. The monoisotopic (exact) mass is 307 g/mol. The number of nitrogens with zero attached hydrogens (tertiary/aromatic N) is 2. The van der Waals surface area contributed by atoms with E-state index in [-0.39, 0.29) is 12.3 Å². The Hall–Kier alpha value is -1.85. The van der Waals surface area contributed by atoms with E-state index in [0.29, 0.717) is 18.0 Å². The first kappa shape index (κ1) is 16.5. The van der Waals surface area contributed by atoms with E-state index in [1.165, 1.54) is 0 Å². The molecule has 1 amide bonds. The molecule has 1 aromatic rings. The maximum absolute atomic E-state index is 12.2. The molecule has 1 fully saturated rings. The number of unbranched alkanes of at least 4 members (excludes halogenated alkanes) is 4. The highest BCUT2D eigenvalue weighted by Gasteiger charge is 2.31. The van der Waals surface area contributed by atoms with Crippen LogP contribution in [0.25, 0.3) is 0 Å². The van der Waals surface area contributed by atoms with E-state index < -0.39 is 5.97 Å². The molecule has 0 saturated heterocycles. The van der Waals surface area contributed by atoms with Gasteiger partial charge in [-0.25, -0.2) is 0 Å². The van der Waals surface area contributed by atoms with Gasteiger partial charge >= 0.3 is 5.97 Å². The molecule has 6 nitrogen and oxygen atoms in total. The van der Waals surface area contributed by atoms with Crippen LogP contribution in [0.5, 0.6) is 0 Å². The number of rotatable bonds is 10. The second-order valence-electron chi connectivity index (χ2n) is 6.01. The number of hydrogen-bond donors (Lipinski definition) is 2. The molecule has 0 aromatic carbocycles. The molecule has 1 aromatic heterocycles. The van der Waals surface area contributed by atoms with Crippen molar-refractivity contribution in [1.82, 2.24) is 15.1 Å². The van der Waals surface area contributed by atoms with Crippen LogP contribution in [-0.4, -0.2) is 33.3 Å². The molecule has 22 heavy (non-hydrogen) atoms. The number of aryl methyl sites for hydroxylation is 1. The summed E-state index contributed by atoms with van der Waals surface area (Å²) in [5.74, 6) is -0.251. The SMILES string of the molecule is Cn1ncc(C(=O)NCCCCCCCC(=O)O)c1C1CC1. The minimum Gasteiger partial charge on any atom is -0.481 e. The molecule has 122 valence electrons. The molecule has 0 radical (unpaired) electrons. The van der Waals surface area contributed by atoms with Crippen LogP contribution >= 0.6 is 0 Å². The van der Waals surface area contributed by atoms with E-state index in [9.17, 15) is 9.59 Å². The molecule has 2 rings (SSSR count). The van der Waals surface area contributed by atoms with Gasteiger partial charge in [0.2, 0.25) is 0 Å². The van der Waals surface area contributed by atoms with Gasteiger partial charge in [-0.05, 0) is 25.7 Å². The number of aromatic nitrogens is 2. The molecule has 0 spiro atoms. The van der Waals surface area contributed by atoms with Crippen LogP contribution in [0.1, 0.15) is 73.3 Å². The molecular weight excluding hydrogens is 282 g/mol. The van der Waals surface area contributed by atoms with Crippen molar-refractivity contribution >= 4 is 11.9 Å². The first-order chi connectivity index (χ1) is 10.6. The van der Waals surface area contributed by atoms with Crippen LogP contribution < -0.4 is 5.32 Å². The lowest BCUT2D eigenvalue weighted by molar-refractivity contribution is -0.137. The quantitative estimate of drug-likeness (QED) is 0.650. The predicted molar refractivity (Wildman–Crippen MR) is 82.9 cm³/mol. The van der Waals surface area contributed by atoms with Crippen LogP contribution in [0, 0.1) is 0 Å². The summed E-state index contributed by atoms with van der Waals surface area (Å²) in [6, 6.07) is 0. The Morgan fingerprint density at radius 1 is 1.27 bits per heavy atom. The summed E-state index contributed by atoms with van der Waals surface area (Å²) < 4.78 is 1.81. The van der Waals surface area contributed by atoms with Crippen LogP contribution in [0.4, 0.5) is 0 Å². The van der Waals surface area contributed by atoms with Crippen LogP contribution in [0.15, 0.2) is 6.20 Å². The summed E-state index contributed by atoms with van der Waals surface area (Å²) in [5, 5.41) is 15.7. The highest BCUT2D eigenvalue weighted by atomic mass is 16.4. The maximum Gasteiger partial charge on any atom is 0.303 e. The standard InChI is InChI=1S/C16H25N3O3/c1-19-15(12-8-9-12)13(11-18-19)16(22)17-10-6-4-2-3-5-7-14(20)21/h11-12H,2-10H2,1H3,(H,17,22)(H,20,21). The van der Waals surface area contributed by atoms with Crippen molar-refractivity contribution in [2.24, 2.45) is 7.05 Å². The number of carbonyl (C=O) groups excluding carboxylic acids is 1. The molecule has 0 aliphatic heterocycles. The molecule has 2 N–H and O–H groups in total. The van der Waals surface area contributed by atoms with Gasteiger partial charge in [0.1, 0.15) is 0 Å². The van der Waals surface area contributed by atoms with Crippen LogP contribution in [0.3, 0.4) is 0 Å². The van der Waals surface area contributed by atoms with Crippen molar-refractivity contribution in [2.75, 3.05) is 6.54 Å². The maximum atomic E-state index is 12.2. The molecule has 6 heteroatoms. The first-order valence-electron chi connectivity index (χ1n) is 8.11. The van der Waals surface area contributed by atoms with Crippen molar-refractivity contribution in [2.45, 2.75) is 57.3 Å². The summed E-state index contributed by atoms with van der Waals surface area (Å²) in [4.78, 5) is 22.6. The fourth-order valence-corrected chi connectivity index (χ4v) is 2.69. The predicted octanol–water partition coefficient (Wildman–Crippen LogP) is 2.45. The number of aliphatic carboxylic acids is 1. The van der Waals surface area contributed by atoms with Gasteiger partial charge < -0.3 is 10.4 Å². The number of amides is 1. The average Bonchev–Trinajstić information content (AvgIpc) is 3.23. The van der Waals surface area contributed by atoms with Gasteiger partial charge in [0, 0.05) is 25.9 Å². The zero-order valence-electron chi connectivity index (χ0n) is 13.2. The number of carboxylic acid groups (broad SMARTS) is 1. The van der Waals surface area contributed by atoms with Crippen molar-refractivity contribution in [3.05, 3.63) is 17.5 Å². The van der Waals surface area contributed by atoms with Gasteiger partial charge in [0.05, 0.1) is 17.5 Å².